The summed E-state index contributed by atoms with van der Waals surface area (Å²) in [6.07, 6.45) is -0.135. The van der Waals surface area contributed by atoms with Crippen LogP contribution in [-0.4, -0.2) is 160 Å². The molecule has 0 aliphatic carbocycles. The molecule has 6 N–H and O–H groups in total. The van der Waals surface area contributed by atoms with Crippen LogP contribution in [0, 0.1) is 0 Å². The van der Waals surface area contributed by atoms with E-state index in [2.05, 4.69) is 31.9 Å². The molecule has 0 aromatic heterocycles. The van der Waals surface area contributed by atoms with Gasteiger partial charge in [0.1, 0.15) is 37.7 Å². The van der Waals surface area contributed by atoms with E-state index in [1.165, 1.54) is 9.80 Å². The number of nitrogens with zero attached hydrogens (tertiary/aromatic N) is 2. The van der Waals surface area contributed by atoms with Crippen LogP contribution in [0.2, 0.25) is 0 Å². The molecule has 0 aliphatic heterocycles. The predicted octanol–water partition coefficient (Wildman–Crippen LogP) is 0.369. The van der Waals surface area contributed by atoms with Crippen LogP contribution >= 0.6 is 0 Å². The van der Waals surface area contributed by atoms with E-state index in [0.29, 0.717) is 11.5 Å². The summed E-state index contributed by atoms with van der Waals surface area (Å²) in [5, 5.41) is 16.2. The lowest BCUT2D eigenvalue weighted by molar-refractivity contribution is -0.140. The predicted molar refractivity (Wildman–Crippen MR) is 235 cm³/mol. The summed E-state index contributed by atoms with van der Waals surface area (Å²) in [7, 11) is 0. The molecule has 0 unspecified atom stereocenters. The molecule has 0 atom stereocenters. The van der Waals surface area contributed by atoms with Gasteiger partial charge in [-0.1, -0.05) is 13.8 Å². The zero-order chi connectivity index (χ0) is 47.5. The van der Waals surface area contributed by atoms with E-state index >= 15 is 0 Å². The van der Waals surface area contributed by atoms with Gasteiger partial charge in [0.05, 0.1) is 39.3 Å². The monoisotopic (exact) mass is 893 g/mol. The standard InChI is InChI=1S/C43H72N8O12/c1-28(2)33-19-34(62-26-40(56)44-13-17-60-15-11-42(58)50(22-36(52)46-29(3)4)23-37(53)47-30(5)6)21-35(20-33)63-27-41(57)45-14-18-61-16-12-43(59)51(24-38(54)48-31(7)8)25-39(55)49-32(9)10/h19-21,28-32H,11-18,22-27H2,1-10H3,(H,44,56)(H,45,57)(H,46,52)(H,47,53)(H,48,54)(H,49,55). The van der Waals surface area contributed by atoms with Gasteiger partial charge >= 0.3 is 0 Å². The van der Waals surface area contributed by atoms with Gasteiger partial charge in [-0.05, 0) is 79.0 Å². The van der Waals surface area contributed by atoms with Crippen molar-refractivity contribution in [2.75, 3.05) is 78.9 Å². The van der Waals surface area contributed by atoms with Gasteiger partial charge in [-0.15, -0.1) is 0 Å². The highest BCUT2D eigenvalue weighted by Gasteiger charge is 2.22. The number of carbonyl (C=O) groups excluding carboxylic acids is 8. The van der Waals surface area contributed by atoms with Crippen LogP contribution in [0.15, 0.2) is 18.2 Å². The smallest absolute Gasteiger partial charge is 0.258 e. The van der Waals surface area contributed by atoms with Crippen LogP contribution < -0.4 is 41.4 Å². The number of hydrogen-bond acceptors (Lipinski definition) is 12. The number of nitrogens with one attached hydrogen (secondary N) is 6. The third kappa shape index (κ3) is 27.2. The Bertz CT molecular complexity index is 1480. The Hall–Kier alpha value is -5.50. The van der Waals surface area contributed by atoms with Crippen molar-refractivity contribution in [2.24, 2.45) is 0 Å². The van der Waals surface area contributed by atoms with Crippen molar-refractivity contribution >= 4 is 47.3 Å². The highest BCUT2D eigenvalue weighted by molar-refractivity contribution is 5.90. The molecule has 63 heavy (non-hydrogen) atoms. The van der Waals surface area contributed by atoms with Gasteiger partial charge in [-0.2, -0.15) is 0 Å². The average Bonchev–Trinajstić information content (AvgIpc) is 3.16. The van der Waals surface area contributed by atoms with Crippen molar-refractivity contribution in [1.29, 1.82) is 0 Å². The van der Waals surface area contributed by atoms with Gasteiger partial charge in [0.25, 0.3) is 11.8 Å². The molecule has 0 bridgehead atoms. The number of ether oxygens (including phenoxy) is 4. The molecule has 20 heteroatoms. The van der Waals surface area contributed by atoms with E-state index in [4.69, 9.17) is 18.9 Å². The Morgan fingerprint density at radius 2 is 0.778 bits per heavy atom. The summed E-state index contributed by atoms with van der Waals surface area (Å²) < 4.78 is 22.5. The summed E-state index contributed by atoms with van der Waals surface area (Å²) in [6.45, 7) is 17.1. The molecule has 0 heterocycles. The third-order valence-electron chi connectivity index (χ3n) is 8.21. The Labute approximate surface area is 371 Å². The number of carbonyl (C=O) groups is 8. The SMILES string of the molecule is CC(C)NC(=O)CN(CC(=O)NC(C)C)C(=O)CCOCCNC(=O)COc1cc(OCC(=O)NCCOCCC(=O)N(CC(=O)NC(C)C)CC(=O)NC(C)C)cc(C(C)C)c1. The van der Waals surface area contributed by atoms with E-state index in [0.717, 1.165) is 5.56 Å². The van der Waals surface area contributed by atoms with Crippen molar-refractivity contribution in [3.8, 4) is 11.5 Å². The van der Waals surface area contributed by atoms with Crippen LogP contribution in [0.25, 0.3) is 0 Å². The first-order valence-electron chi connectivity index (χ1n) is 21.5. The fraction of sp³-hybridized carbons (Fsp3) is 0.674. The Balaban J connectivity index is 2.51. The van der Waals surface area contributed by atoms with Crippen molar-refractivity contribution in [3.63, 3.8) is 0 Å². The molecule has 1 aromatic rings. The van der Waals surface area contributed by atoms with Crippen molar-refractivity contribution < 1.29 is 57.3 Å². The number of hydrogen-bond donors (Lipinski definition) is 6. The largest absolute Gasteiger partial charge is 0.484 e. The lowest BCUT2D eigenvalue weighted by Crippen LogP contribution is -2.48. The van der Waals surface area contributed by atoms with Gasteiger partial charge in [0.2, 0.25) is 35.4 Å². The zero-order valence-electron chi connectivity index (χ0n) is 38.8. The molecule has 0 radical (unpaired) electrons. The van der Waals surface area contributed by atoms with E-state index < -0.39 is 23.6 Å². The Morgan fingerprint density at radius 1 is 0.460 bits per heavy atom. The lowest BCUT2D eigenvalue weighted by Gasteiger charge is -2.23. The molecular formula is C43H72N8O12. The minimum absolute atomic E-state index is 0.0151. The second kappa shape index (κ2) is 30.5. The van der Waals surface area contributed by atoms with Gasteiger partial charge in [0.15, 0.2) is 13.2 Å². The molecule has 0 saturated heterocycles. The van der Waals surface area contributed by atoms with E-state index in [-0.39, 0.29) is 145 Å². The first-order valence-corrected chi connectivity index (χ1v) is 21.5. The molecule has 0 saturated carbocycles. The molecule has 0 fully saturated rings. The number of rotatable bonds is 31. The normalized spacial score (nSPS) is 11.0. The second-order valence-electron chi connectivity index (χ2n) is 16.3. The minimum Gasteiger partial charge on any atom is -0.484 e. The second-order valence-corrected chi connectivity index (χ2v) is 16.3. The Morgan fingerprint density at radius 3 is 1.06 bits per heavy atom. The minimum atomic E-state index is -0.425. The molecule has 356 valence electrons. The highest BCUT2D eigenvalue weighted by atomic mass is 16.5. The topological polar surface area (TPSA) is 252 Å². The maximum absolute atomic E-state index is 12.8. The molecule has 0 aliphatic rings. The van der Waals surface area contributed by atoms with E-state index in [1.54, 1.807) is 73.6 Å². The fourth-order valence-electron chi connectivity index (χ4n) is 5.49. The summed E-state index contributed by atoms with van der Waals surface area (Å²) in [6, 6.07) is 4.61. The lowest BCUT2D eigenvalue weighted by atomic mass is 10.0. The first kappa shape index (κ1) is 55.5. The first-order chi connectivity index (χ1) is 29.6. The van der Waals surface area contributed by atoms with Crippen LogP contribution in [0.3, 0.4) is 0 Å². The molecule has 20 nitrogen and oxygen atoms in total. The fourth-order valence-corrected chi connectivity index (χ4v) is 5.49. The molecular weight excluding hydrogens is 821 g/mol. The van der Waals surface area contributed by atoms with Crippen LogP contribution in [0.1, 0.15) is 93.6 Å². The molecule has 1 aromatic carbocycles. The Kier molecular flexibility index (Phi) is 26.9. The van der Waals surface area contributed by atoms with Crippen molar-refractivity contribution in [2.45, 2.75) is 112 Å². The summed E-state index contributed by atoms with van der Waals surface area (Å²) in [4.78, 5) is 102. The van der Waals surface area contributed by atoms with Crippen LogP contribution in [0.5, 0.6) is 11.5 Å². The molecule has 8 amide bonds. The number of amides is 8. The van der Waals surface area contributed by atoms with Crippen LogP contribution in [-0.2, 0) is 47.8 Å². The van der Waals surface area contributed by atoms with Crippen molar-refractivity contribution in [1.82, 2.24) is 41.7 Å². The third-order valence-corrected chi connectivity index (χ3v) is 8.21. The summed E-state index contributed by atoms with van der Waals surface area (Å²) >= 11 is 0. The maximum Gasteiger partial charge on any atom is 0.258 e. The van der Waals surface area contributed by atoms with Gasteiger partial charge < -0.3 is 60.6 Å². The van der Waals surface area contributed by atoms with E-state index in [1.807, 2.05) is 13.8 Å². The average molecular weight is 893 g/mol. The van der Waals surface area contributed by atoms with Gasteiger partial charge in [0, 0.05) is 43.3 Å². The van der Waals surface area contributed by atoms with Gasteiger partial charge in [-0.25, -0.2) is 0 Å². The zero-order valence-corrected chi connectivity index (χ0v) is 38.8. The molecule has 1 rings (SSSR count). The highest BCUT2D eigenvalue weighted by Crippen LogP contribution is 2.27. The van der Waals surface area contributed by atoms with E-state index in [9.17, 15) is 38.4 Å². The van der Waals surface area contributed by atoms with Crippen LogP contribution in [0.4, 0.5) is 0 Å². The van der Waals surface area contributed by atoms with Crippen molar-refractivity contribution in [3.05, 3.63) is 23.8 Å². The quantitative estimate of drug-likeness (QED) is 0.0554. The number of benzene rings is 1. The molecule has 0 spiro atoms. The summed E-state index contributed by atoms with van der Waals surface area (Å²) in [5.74, 6) is -2.41. The maximum atomic E-state index is 12.8. The van der Waals surface area contributed by atoms with Gasteiger partial charge in [-0.3, -0.25) is 38.4 Å². The summed E-state index contributed by atoms with van der Waals surface area (Å²) in [5.41, 5.74) is 0.855.